The minimum absolute atomic E-state index is 0.186. The molecule has 1 unspecified atom stereocenters. The summed E-state index contributed by atoms with van der Waals surface area (Å²) >= 11 is 7.61. The summed E-state index contributed by atoms with van der Waals surface area (Å²) in [6.07, 6.45) is 1.29. The van der Waals surface area contributed by atoms with Crippen LogP contribution in [-0.4, -0.2) is 59.2 Å². The highest BCUT2D eigenvalue weighted by Gasteiger charge is 2.49. The highest BCUT2D eigenvalue weighted by Crippen LogP contribution is 2.43. The van der Waals surface area contributed by atoms with Gasteiger partial charge in [-0.25, -0.2) is 9.18 Å². The second kappa shape index (κ2) is 9.76. The molecule has 160 valence electrons. The van der Waals surface area contributed by atoms with Crippen molar-refractivity contribution in [3.63, 3.8) is 0 Å². The second-order valence-corrected chi connectivity index (χ2v) is 8.48. The predicted octanol–water partition coefficient (Wildman–Crippen LogP) is 2.83. The Kier molecular flexibility index (Phi) is 7.58. The zero-order valence-corrected chi connectivity index (χ0v) is 17.5. The molecule has 0 saturated carbocycles. The van der Waals surface area contributed by atoms with E-state index in [9.17, 15) is 19.4 Å². The topological polar surface area (TPSA) is 85.2 Å². The fourth-order valence-electron chi connectivity index (χ4n) is 3.48. The second-order valence-electron chi connectivity index (χ2n) is 6.88. The molecule has 1 aliphatic carbocycles. The molecular formula is C20H24ClFO6S. The van der Waals surface area contributed by atoms with Crippen molar-refractivity contribution in [2.75, 3.05) is 19.8 Å². The third-order valence-corrected chi connectivity index (χ3v) is 6.64. The number of benzene rings is 1. The molecule has 0 aromatic heterocycles. The number of hydrogen-bond donors (Lipinski definition) is 2. The van der Waals surface area contributed by atoms with E-state index in [1.807, 2.05) is 0 Å². The van der Waals surface area contributed by atoms with E-state index in [4.69, 9.17) is 25.8 Å². The molecule has 6 nitrogen and oxygen atoms in total. The summed E-state index contributed by atoms with van der Waals surface area (Å²) in [6, 6.07) is 4.24. The van der Waals surface area contributed by atoms with Crippen molar-refractivity contribution >= 4 is 29.3 Å². The van der Waals surface area contributed by atoms with Gasteiger partial charge in [-0.1, -0.05) is 17.7 Å². The lowest BCUT2D eigenvalue weighted by Crippen LogP contribution is -2.37. The first kappa shape index (κ1) is 22.5. The Morgan fingerprint density at radius 2 is 2.03 bits per heavy atom. The van der Waals surface area contributed by atoms with Crippen molar-refractivity contribution in [1.82, 2.24) is 0 Å². The number of carbonyl (C=O) groups excluding carboxylic acids is 1. The summed E-state index contributed by atoms with van der Waals surface area (Å²) in [4.78, 5) is 12.6. The standard InChI is InChI=1S/C20H24ClFO6S/c1-2-26-19(25)14-8-20(27-16(9-23)17(10-24)28-20)6-5-18(14)29-11-12-3-4-13(22)7-15(12)21/h3-4,7-8,16-18,23-24H,2,5-6,9-11H2,1H3/t16-,17-,18?/m0/s1. The van der Waals surface area contributed by atoms with Gasteiger partial charge in [0.25, 0.3) is 0 Å². The van der Waals surface area contributed by atoms with Gasteiger partial charge in [0, 0.05) is 22.4 Å². The third kappa shape index (κ3) is 5.13. The molecule has 1 heterocycles. The van der Waals surface area contributed by atoms with Gasteiger partial charge >= 0.3 is 5.97 Å². The molecule has 3 atom stereocenters. The maximum atomic E-state index is 13.3. The van der Waals surface area contributed by atoms with Crippen molar-refractivity contribution in [1.29, 1.82) is 0 Å². The van der Waals surface area contributed by atoms with E-state index in [1.54, 1.807) is 19.1 Å². The van der Waals surface area contributed by atoms with Crippen molar-refractivity contribution in [2.24, 2.45) is 0 Å². The lowest BCUT2D eigenvalue weighted by molar-refractivity contribution is -0.154. The van der Waals surface area contributed by atoms with E-state index in [-0.39, 0.29) is 25.1 Å². The number of rotatable bonds is 7. The van der Waals surface area contributed by atoms with Crippen molar-refractivity contribution in [3.8, 4) is 0 Å². The predicted molar refractivity (Wildman–Crippen MR) is 107 cm³/mol. The van der Waals surface area contributed by atoms with Crippen LogP contribution in [0.5, 0.6) is 0 Å². The van der Waals surface area contributed by atoms with Gasteiger partial charge in [-0.2, -0.15) is 0 Å². The van der Waals surface area contributed by atoms with E-state index in [0.717, 1.165) is 5.56 Å². The minimum atomic E-state index is -1.17. The third-order valence-electron chi connectivity index (χ3n) is 4.92. The van der Waals surface area contributed by atoms with E-state index in [1.165, 1.54) is 23.9 Å². The van der Waals surface area contributed by atoms with Crippen LogP contribution in [-0.2, 0) is 24.8 Å². The fourth-order valence-corrected chi connectivity index (χ4v) is 5.06. The van der Waals surface area contributed by atoms with Crippen LogP contribution < -0.4 is 0 Å². The Morgan fingerprint density at radius 1 is 1.34 bits per heavy atom. The number of halogens is 2. The summed E-state index contributed by atoms with van der Waals surface area (Å²) in [7, 11) is 0. The van der Waals surface area contributed by atoms with E-state index < -0.39 is 29.8 Å². The van der Waals surface area contributed by atoms with Gasteiger partial charge in [0.05, 0.1) is 25.4 Å². The van der Waals surface area contributed by atoms with Crippen LogP contribution in [0.15, 0.2) is 29.8 Å². The summed E-state index contributed by atoms with van der Waals surface area (Å²) < 4.78 is 30.2. The zero-order chi connectivity index (χ0) is 21.0. The molecule has 1 saturated heterocycles. The van der Waals surface area contributed by atoms with E-state index >= 15 is 0 Å². The zero-order valence-electron chi connectivity index (χ0n) is 16.0. The summed E-state index contributed by atoms with van der Waals surface area (Å²) in [5.74, 6) is -1.54. The van der Waals surface area contributed by atoms with Crippen LogP contribution in [0.2, 0.25) is 5.02 Å². The normalized spacial score (nSPS) is 25.8. The first-order valence-corrected chi connectivity index (χ1v) is 10.9. The summed E-state index contributed by atoms with van der Waals surface area (Å²) in [5.41, 5.74) is 1.19. The molecule has 1 aromatic rings. The van der Waals surface area contributed by atoms with Gasteiger partial charge in [-0.3, -0.25) is 0 Å². The molecule has 0 bridgehead atoms. The number of thioether (sulfide) groups is 1. The lowest BCUT2D eigenvalue weighted by Gasteiger charge is -2.33. The highest BCUT2D eigenvalue weighted by molar-refractivity contribution is 7.99. The quantitative estimate of drug-likeness (QED) is 0.623. The molecule has 2 N–H and O–H groups in total. The number of aliphatic hydroxyl groups is 2. The Balaban J connectivity index is 1.80. The number of ether oxygens (including phenoxy) is 3. The first-order valence-electron chi connectivity index (χ1n) is 9.44. The van der Waals surface area contributed by atoms with Crippen molar-refractivity contribution in [3.05, 3.63) is 46.3 Å². The largest absolute Gasteiger partial charge is 0.463 e. The van der Waals surface area contributed by atoms with Crippen LogP contribution >= 0.6 is 23.4 Å². The van der Waals surface area contributed by atoms with Gasteiger partial charge in [0.15, 0.2) is 5.79 Å². The SMILES string of the molecule is CCOC(=O)C1=CC2(CCC1SCc1ccc(F)cc1Cl)O[C@@H](CO)[C@H](CO)O2. The number of carbonyl (C=O) groups is 1. The van der Waals surface area contributed by atoms with Crippen molar-refractivity contribution < 1.29 is 33.6 Å². The molecule has 1 aromatic carbocycles. The molecule has 3 rings (SSSR count). The van der Waals surface area contributed by atoms with Crippen molar-refractivity contribution in [2.45, 2.75) is 48.8 Å². The summed E-state index contributed by atoms with van der Waals surface area (Å²) in [6.45, 7) is 1.36. The van der Waals surface area contributed by atoms with Crippen LogP contribution in [0.1, 0.15) is 25.3 Å². The van der Waals surface area contributed by atoms with Gasteiger partial charge in [-0.05, 0) is 37.1 Å². The van der Waals surface area contributed by atoms with Crippen LogP contribution in [0, 0.1) is 5.82 Å². The fraction of sp³-hybridized carbons (Fsp3) is 0.550. The van der Waals surface area contributed by atoms with E-state index in [2.05, 4.69) is 0 Å². The maximum absolute atomic E-state index is 13.3. The molecule has 0 amide bonds. The van der Waals surface area contributed by atoms with Crippen LogP contribution in [0.4, 0.5) is 4.39 Å². The molecule has 0 radical (unpaired) electrons. The number of aliphatic hydroxyl groups excluding tert-OH is 2. The molecular weight excluding hydrogens is 423 g/mol. The summed E-state index contributed by atoms with van der Waals surface area (Å²) in [5, 5.41) is 19.1. The smallest absolute Gasteiger partial charge is 0.335 e. The van der Waals surface area contributed by atoms with Crippen LogP contribution in [0.25, 0.3) is 0 Å². The average Bonchev–Trinajstić information content (AvgIpc) is 3.05. The molecule has 9 heteroatoms. The number of hydrogen-bond acceptors (Lipinski definition) is 7. The van der Waals surface area contributed by atoms with Gasteiger partial charge in [0.2, 0.25) is 0 Å². The molecule has 1 spiro atoms. The Hall–Kier alpha value is -1.16. The maximum Gasteiger partial charge on any atom is 0.335 e. The Labute approximate surface area is 178 Å². The Morgan fingerprint density at radius 3 is 2.62 bits per heavy atom. The number of esters is 1. The van der Waals surface area contributed by atoms with Gasteiger partial charge < -0.3 is 24.4 Å². The molecule has 29 heavy (non-hydrogen) atoms. The lowest BCUT2D eigenvalue weighted by atomic mass is 9.94. The van der Waals surface area contributed by atoms with Gasteiger partial charge in [-0.15, -0.1) is 11.8 Å². The average molecular weight is 447 g/mol. The highest BCUT2D eigenvalue weighted by atomic mass is 35.5. The molecule has 1 fully saturated rings. The monoisotopic (exact) mass is 446 g/mol. The van der Waals surface area contributed by atoms with Crippen LogP contribution in [0.3, 0.4) is 0 Å². The first-order chi connectivity index (χ1) is 13.9. The molecule has 2 aliphatic rings. The Bertz CT molecular complexity index is 761. The van der Waals surface area contributed by atoms with Gasteiger partial charge in [0.1, 0.15) is 18.0 Å². The minimum Gasteiger partial charge on any atom is -0.463 e. The van der Waals surface area contributed by atoms with E-state index in [0.29, 0.717) is 29.2 Å². The molecule has 1 aliphatic heterocycles.